The van der Waals surface area contributed by atoms with Crippen molar-refractivity contribution in [2.75, 3.05) is 25.2 Å². The molecule has 0 saturated carbocycles. The number of nitrogens with one attached hydrogen (secondary N) is 1. The number of sulfonamides is 1. The maximum absolute atomic E-state index is 12.6. The molecule has 1 aliphatic heterocycles. The van der Waals surface area contributed by atoms with Gasteiger partial charge in [-0.1, -0.05) is 18.2 Å². The van der Waals surface area contributed by atoms with Gasteiger partial charge in [0.2, 0.25) is 0 Å². The molecule has 0 bridgehead atoms. The standard InChI is InChI=1S/C19H21N3O5S2/c1-22-12-6-11-18(22)21-29(26,27)15-8-5-7-14(13-15)20-19(23)16-9-3-4-10-17(16)28(2,24)25/h3-5,7-10,13H,6,11-12H2,1-2H3,(H,20,23). The van der Waals surface area contributed by atoms with E-state index in [2.05, 4.69) is 9.71 Å². The van der Waals surface area contributed by atoms with E-state index < -0.39 is 25.8 Å². The second-order valence-electron chi connectivity index (χ2n) is 6.76. The van der Waals surface area contributed by atoms with Crippen molar-refractivity contribution in [3.05, 3.63) is 54.1 Å². The van der Waals surface area contributed by atoms with Crippen LogP contribution in [0.3, 0.4) is 0 Å². The molecule has 1 aliphatic rings. The molecule has 0 radical (unpaired) electrons. The number of rotatable bonds is 5. The van der Waals surface area contributed by atoms with Crippen LogP contribution in [0.2, 0.25) is 0 Å². The summed E-state index contributed by atoms with van der Waals surface area (Å²) in [6.45, 7) is 0.754. The molecule has 0 aromatic heterocycles. The molecule has 1 fully saturated rings. The number of benzene rings is 2. The summed E-state index contributed by atoms with van der Waals surface area (Å²) in [5, 5.41) is 2.56. The molecule has 2 aromatic rings. The number of amidine groups is 1. The van der Waals surface area contributed by atoms with Crippen molar-refractivity contribution < 1.29 is 21.6 Å². The van der Waals surface area contributed by atoms with Crippen molar-refractivity contribution in [2.45, 2.75) is 22.6 Å². The summed E-state index contributed by atoms with van der Waals surface area (Å²) in [6, 6.07) is 11.5. The van der Waals surface area contributed by atoms with Gasteiger partial charge in [-0.3, -0.25) is 4.79 Å². The van der Waals surface area contributed by atoms with Crippen molar-refractivity contribution >= 4 is 37.3 Å². The van der Waals surface area contributed by atoms with Crippen molar-refractivity contribution in [1.82, 2.24) is 4.90 Å². The van der Waals surface area contributed by atoms with Crippen molar-refractivity contribution in [3.63, 3.8) is 0 Å². The van der Waals surface area contributed by atoms with Crippen LogP contribution in [0, 0.1) is 0 Å². The zero-order chi connectivity index (χ0) is 21.2. The van der Waals surface area contributed by atoms with E-state index in [4.69, 9.17) is 0 Å². The van der Waals surface area contributed by atoms with E-state index >= 15 is 0 Å². The second kappa shape index (κ2) is 7.96. The van der Waals surface area contributed by atoms with Gasteiger partial charge in [0, 0.05) is 32.0 Å². The number of amides is 1. The number of anilines is 1. The molecule has 1 heterocycles. The smallest absolute Gasteiger partial charge is 0.284 e. The minimum absolute atomic E-state index is 0.0175. The molecule has 10 heteroatoms. The van der Waals surface area contributed by atoms with Crippen LogP contribution >= 0.6 is 0 Å². The fourth-order valence-corrected chi connectivity index (χ4v) is 5.04. The summed E-state index contributed by atoms with van der Waals surface area (Å²) in [5.41, 5.74) is 0.204. The van der Waals surface area contributed by atoms with E-state index in [1.54, 1.807) is 18.0 Å². The maximum atomic E-state index is 12.6. The Labute approximate surface area is 170 Å². The average Bonchev–Trinajstić information content (AvgIpc) is 3.05. The van der Waals surface area contributed by atoms with Gasteiger partial charge in [0.15, 0.2) is 9.84 Å². The van der Waals surface area contributed by atoms with Gasteiger partial charge in [0.1, 0.15) is 5.84 Å². The van der Waals surface area contributed by atoms with Gasteiger partial charge in [-0.05, 0) is 36.8 Å². The topological polar surface area (TPSA) is 113 Å². The summed E-state index contributed by atoms with van der Waals surface area (Å²) in [4.78, 5) is 14.2. The maximum Gasteiger partial charge on any atom is 0.284 e. The SMILES string of the molecule is CN1CCCC1=NS(=O)(=O)c1cccc(NC(=O)c2ccccc2S(C)(=O)=O)c1. The Balaban J connectivity index is 1.89. The lowest BCUT2D eigenvalue weighted by molar-refractivity contribution is 0.102. The van der Waals surface area contributed by atoms with Gasteiger partial charge in [-0.2, -0.15) is 8.42 Å². The number of hydrogen-bond donors (Lipinski definition) is 1. The summed E-state index contributed by atoms with van der Waals surface area (Å²) in [7, 11) is -5.74. The lowest BCUT2D eigenvalue weighted by Gasteiger charge is -2.12. The summed E-state index contributed by atoms with van der Waals surface area (Å²) < 4.78 is 53.0. The summed E-state index contributed by atoms with van der Waals surface area (Å²) >= 11 is 0. The highest BCUT2D eigenvalue weighted by atomic mass is 32.2. The van der Waals surface area contributed by atoms with Gasteiger partial charge < -0.3 is 10.2 Å². The Morgan fingerprint density at radius 2 is 1.79 bits per heavy atom. The molecule has 0 unspecified atom stereocenters. The zero-order valence-electron chi connectivity index (χ0n) is 16.0. The van der Waals surface area contributed by atoms with Crippen LogP contribution in [0.5, 0.6) is 0 Å². The quantitative estimate of drug-likeness (QED) is 0.770. The molecule has 1 saturated heterocycles. The third-order valence-electron chi connectivity index (χ3n) is 4.48. The van der Waals surface area contributed by atoms with E-state index in [0.29, 0.717) is 12.3 Å². The van der Waals surface area contributed by atoms with E-state index in [9.17, 15) is 21.6 Å². The number of carbonyl (C=O) groups excluding carboxylic acids is 1. The summed E-state index contributed by atoms with van der Waals surface area (Å²) in [6.07, 6.45) is 2.46. The van der Waals surface area contributed by atoms with E-state index in [0.717, 1.165) is 19.2 Å². The molecule has 0 aliphatic carbocycles. The fourth-order valence-electron chi connectivity index (χ4n) is 3.01. The number of likely N-dealkylation sites (tertiary alicyclic amines) is 1. The van der Waals surface area contributed by atoms with E-state index in [1.165, 1.54) is 42.5 Å². The number of carbonyl (C=O) groups is 1. The first-order valence-corrected chi connectivity index (χ1v) is 12.2. The molecule has 8 nitrogen and oxygen atoms in total. The molecular formula is C19H21N3O5S2. The van der Waals surface area contributed by atoms with Gasteiger partial charge in [-0.15, -0.1) is 4.40 Å². The first-order chi connectivity index (χ1) is 13.6. The van der Waals surface area contributed by atoms with Crippen molar-refractivity contribution in [1.29, 1.82) is 0 Å². The van der Waals surface area contributed by atoms with Crippen LogP contribution in [0.25, 0.3) is 0 Å². The minimum atomic E-state index is -3.93. The predicted molar refractivity (Wildman–Crippen MR) is 110 cm³/mol. The van der Waals surface area contributed by atoms with Gasteiger partial charge in [0.05, 0.1) is 15.4 Å². The Morgan fingerprint density at radius 3 is 2.45 bits per heavy atom. The molecule has 0 spiro atoms. The monoisotopic (exact) mass is 435 g/mol. The molecule has 2 aromatic carbocycles. The molecule has 1 amide bonds. The van der Waals surface area contributed by atoms with Crippen LogP contribution < -0.4 is 5.32 Å². The lowest BCUT2D eigenvalue weighted by Crippen LogP contribution is -2.20. The average molecular weight is 436 g/mol. The lowest BCUT2D eigenvalue weighted by atomic mass is 10.2. The largest absolute Gasteiger partial charge is 0.362 e. The van der Waals surface area contributed by atoms with E-state index in [-0.39, 0.29) is 21.0 Å². The molecule has 154 valence electrons. The van der Waals surface area contributed by atoms with Crippen LogP contribution in [0.4, 0.5) is 5.69 Å². The first-order valence-electron chi connectivity index (χ1n) is 8.83. The number of hydrogen-bond acceptors (Lipinski definition) is 5. The third-order valence-corrected chi connectivity index (χ3v) is 6.94. The number of sulfone groups is 1. The van der Waals surface area contributed by atoms with Crippen LogP contribution in [-0.2, 0) is 19.9 Å². The van der Waals surface area contributed by atoms with Crippen molar-refractivity contribution in [2.24, 2.45) is 4.40 Å². The van der Waals surface area contributed by atoms with Gasteiger partial charge in [-0.25, -0.2) is 8.42 Å². The zero-order valence-corrected chi connectivity index (χ0v) is 17.6. The molecule has 0 atom stereocenters. The molecule has 1 N–H and O–H groups in total. The van der Waals surface area contributed by atoms with Crippen LogP contribution in [0.15, 0.2) is 62.7 Å². The highest BCUT2D eigenvalue weighted by molar-refractivity contribution is 7.91. The van der Waals surface area contributed by atoms with E-state index in [1.807, 2.05) is 0 Å². The number of nitrogens with zero attached hydrogens (tertiary/aromatic N) is 2. The second-order valence-corrected chi connectivity index (χ2v) is 10.3. The minimum Gasteiger partial charge on any atom is -0.362 e. The Morgan fingerprint density at radius 1 is 1.07 bits per heavy atom. The Hall–Kier alpha value is -2.72. The first kappa shape index (κ1) is 21.0. The van der Waals surface area contributed by atoms with Crippen molar-refractivity contribution in [3.8, 4) is 0 Å². The van der Waals surface area contributed by atoms with Gasteiger partial charge >= 0.3 is 0 Å². The normalized spacial score (nSPS) is 16.2. The third kappa shape index (κ3) is 4.83. The molecular weight excluding hydrogens is 414 g/mol. The Bertz CT molecular complexity index is 1190. The van der Waals surface area contributed by atoms with Crippen LogP contribution in [-0.4, -0.2) is 53.3 Å². The predicted octanol–water partition coefficient (Wildman–Crippen LogP) is 2.16. The highest BCUT2D eigenvalue weighted by Gasteiger charge is 2.22. The summed E-state index contributed by atoms with van der Waals surface area (Å²) in [5.74, 6) is -0.149. The fraction of sp³-hybridized carbons (Fsp3) is 0.263. The highest BCUT2D eigenvalue weighted by Crippen LogP contribution is 2.22. The molecule has 3 rings (SSSR count). The van der Waals surface area contributed by atoms with Gasteiger partial charge in [0.25, 0.3) is 15.9 Å². The Kier molecular flexibility index (Phi) is 5.76. The molecule has 29 heavy (non-hydrogen) atoms. The van der Waals surface area contributed by atoms with Crippen LogP contribution in [0.1, 0.15) is 23.2 Å².